The maximum absolute atomic E-state index is 5.56. The maximum Gasteiger partial charge on any atom is 0.140 e. The molecule has 0 radical (unpaired) electrons. The zero-order valence-corrected chi connectivity index (χ0v) is 5.23. The standard InChI is InChI=1S/C4H9N5/c1-2-4(5)9-3-6-7-8-9/h3-4H,2,5H2,1H3. The van der Waals surface area contributed by atoms with Gasteiger partial charge in [-0.15, -0.1) is 5.10 Å². The quantitative estimate of drug-likeness (QED) is 0.583. The van der Waals surface area contributed by atoms with Crippen molar-refractivity contribution in [2.75, 3.05) is 0 Å². The Kier molecular flexibility index (Phi) is 1.74. The molecule has 0 amide bonds. The number of hydrogen-bond donors (Lipinski definition) is 1. The van der Waals surface area contributed by atoms with Crippen LogP contribution in [0, 0.1) is 0 Å². The molecule has 0 aliphatic rings. The number of nitrogens with zero attached hydrogens (tertiary/aromatic N) is 4. The molecule has 0 saturated heterocycles. The van der Waals surface area contributed by atoms with Crippen LogP contribution >= 0.6 is 0 Å². The molecule has 0 spiro atoms. The van der Waals surface area contributed by atoms with Gasteiger partial charge in [-0.25, -0.2) is 4.68 Å². The summed E-state index contributed by atoms with van der Waals surface area (Å²) < 4.78 is 1.53. The van der Waals surface area contributed by atoms with Gasteiger partial charge in [0.05, 0.1) is 0 Å². The van der Waals surface area contributed by atoms with E-state index in [2.05, 4.69) is 15.5 Å². The Morgan fingerprint density at radius 1 is 1.78 bits per heavy atom. The van der Waals surface area contributed by atoms with E-state index >= 15 is 0 Å². The highest BCUT2D eigenvalue weighted by Gasteiger charge is 1.99. The lowest BCUT2D eigenvalue weighted by Gasteiger charge is -2.04. The van der Waals surface area contributed by atoms with Crippen LogP contribution in [0.1, 0.15) is 19.5 Å². The van der Waals surface area contributed by atoms with Crippen LogP contribution in [-0.4, -0.2) is 20.2 Å². The third-order valence-electron chi connectivity index (χ3n) is 1.12. The van der Waals surface area contributed by atoms with Gasteiger partial charge in [0.25, 0.3) is 0 Å². The SMILES string of the molecule is CCC(N)n1cnnn1. The first-order chi connectivity index (χ1) is 4.34. The minimum Gasteiger partial charge on any atom is -0.310 e. The van der Waals surface area contributed by atoms with E-state index in [1.54, 1.807) is 0 Å². The average molecular weight is 127 g/mol. The summed E-state index contributed by atoms with van der Waals surface area (Å²) in [4.78, 5) is 0. The molecule has 1 unspecified atom stereocenters. The molecule has 50 valence electrons. The molecular weight excluding hydrogens is 118 g/mol. The Hall–Kier alpha value is -0.970. The van der Waals surface area contributed by atoms with E-state index in [1.165, 1.54) is 11.0 Å². The van der Waals surface area contributed by atoms with Crippen molar-refractivity contribution in [1.29, 1.82) is 0 Å². The minimum atomic E-state index is -0.0833. The van der Waals surface area contributed by atoms with Gasteiger partial charge in [0.1, 0.15) is 12.5 Å². The van der Waals surface area contributed by atoms with Gasteiger partial charge in [0.15, 0.2) is 0 Å². The Morgan fingerprint density at radius 2 is 2.56 bits per heavy atom. The number of rotatable bonds is 2. The first-order valence-electron chi connectivity index (χ1n) is 2.82. The first-order valence-corrected chi connectivity index (χ1v) is 2.82. The third-order valence-corrected chi connectivity index (χ3v) is 1.12. The van der Waals surface area contributed by atoms with Crippen LogP contribution in [0.25, 0.3) is 0 Å². The van der Waals surface area contributed by atoms with Crippen molar-refractivity contribution in [2.45, 2.75) is 19.5 Å². The zero-order valence-electron chi connectivity index (χ0n) is 5.23. The molecule has 5 heteroatoms. The van der Waals surface area contributed by atoms with Crippen LogP contribution in [0.5, 0.6) is 0 Å². The molecule has 1 aromatic heterocycles. The molecule has 0 aliphatic heterocycles. The Morgan fingerprint density at radius 3 is 3.00 bits per heavy atom. The predicted molar refractivity (Wildman–Crippen MR) is 31.3 cm³/mol. The maximum atomic E-state index is 5.56. The van der Waals surface area contributed by atoms with Crippen molar-refractivity contribution in [3.63, 3.8) is 0 Å². The molecule has 0 aliphatic carbocycles. The Balaban J connectivity index is 2.65. The molecule has 5 nitrogen and oxygen atoms in total. The molecule has 2 N–H and O–H groups in total. The molecule has 9 heavy (non-hydrogen) atoms. The normalized spacial score (nSPS) is 13.6. The van der Waals surface area contributed by atoms with Crippen molar-refractivity contribution < 1.29 is 0 Å². The van der Waals surface area contributed by atoms with Crippen LogP contribution in [0.2, 0.25) is 0 Å². The lowest BCUT2D eigenvalue weighted by Crippen LogP contribution is -2.17. The molecule has 1 atom stereocenters. The largest absolute Gasteiger partial charge is 0.310 e. The number of aromatic nitrogens is 4. The van der Waals surface area contributed by atoms with E-state index in [1.807, 2.05) is 6.92 Å². The summed E-state index contributed by atoms with van der Waals surface area (Å²) in [6.07, 6.45) is 2.26. The molecule has 0 fully saturated rings. The van der Waals surface area contributed by atoms with E-state index < -0.39 is 0 Å². The highest BCUT2D eigenvalue weighted by Crippen LogP contribution is 1.96. The van der Waals surface area contributed by atoms with E-state index in [-0.39, 0.29) is 6.17 Å². The fourth-order valence-corrected chi connectivity index (χ4v) is 0.507. The van der Waals surface area contributed by atoms with Crippen molar-refractivity contribution >= 4 is 0 Å². The first kappa shape index (κ1) is 6.15. The number of tetrazole rings is 1. The number of nitrogens with two attached hydrogens (primary N) is 1. The topological polar surface area (TPSA) is 69.6 Å². The van der Waals surface area contributed by atoms with Gasteiger partial charge in [-0.3, -0.25) is 0 Å². The van der Waals surface area contributed by atoms with E-state index in [4.69, 9.17) is 5.73 Å². The zero-order chi connectivity index (χ0) is 6.69. The summed E-state index contributed by atoms with van der Waals surface area (Å²) in [5, 5.41) is 10.5. The fourth-order valence-electron chi connectivity index (χ4n) is 0.507. The molecule has 1 heterocycles. The summed E-state index contributed by atoms with van der Waals surface area (Å²) in [5.41, 5.74) is 5.56. The lowest BCUT2D eigenvalue weighted by molar-refractivity contribution is 0.444. The van der Waals surface area contributed by atoms with E-state index in [9.17, 15) is 0 Å². The van der Waals surface area contributed by atoms with Gasteiger partial charge in [-0.2, -0.15) is 0 Å². The number of hydrogen-bond acceptors (Lipinski definition) is 4. The van der Waals surface area contributed by atoms with Crippen LogP contribution in [0.3, 0.4) is 0 Å². The fraction of sp³-hybridized carbons (Fsp3) is 0.750. The van der Waals surface area contributed by atoms with Gasteiger partial charge < -0.3 is 5.73 Å². The minimum absolute atomic E-state index is 0.0833. The van der Waals surface area contributed by atoms with Crippen LogP contribution in [0.4, 0.5) is 0 Å². The molecule has 0 saturated carbocycles. The summed E-state index contributed by atoms with van der Waals surface area (Å²) in [6.45, 7) is 1.98. The predicted octanol–water partition coefficient (Wildman–Crippen LogP) is -0.460. The summed E-state index contributed by atoms with van der Waals surface area (Å²) in [6, 6.07) is 0. The molecular formula is C4H9N5. The van der Waals surface area contributed by atoms with Crippen molar-refractivity contribution in [2.24, 2.45) is 5.73 Å². The highest BCUT2D eigenvalue weighted by molar-refractivity contribution is 4.55. The van der Waals surface area contributed by atoms with Gasteiger partial charge >= 0.3 is 0 Å². The van der Waals surface area contributed by atoms with Gasteiger partial charge in [0.2, 0.25) is 0 Å². The molecule has 0 bridgehead atoms. The second kappa shape index (κ2) is 2.54. The van der Waals surface area contributed by atoms with Gasteiger partial charge in [-0.1, -0.05) is 6.92 Å². The van der Waals surface area contributed by atoms with Crippen LogP contribution in [0.15, 0.2) is 6.33 Å². The second-order valence-corrected chi connectivity index (χ2v) is 1.77. The third kappa shape index (κ3) is 1.23. The average Bonchev–Trinajstić information content (AvgIpc) is 2.37. The van der Waals surface area contributed by atoms with Gasteiger partial charge in [0, 0.05) is 0 Å². The monoisotopic (exact) mass is 127 g/mol. The molecule has 0 aromatic carbocycles. The molecule has 1 aromatic rings. The van der Waals surface area contributed by atoms with Crippen molar-refractivity contribution in [3.8, 4) is 0 Å². The van der Waals surface area contributed by atoms with Crippen LogP contribution in [-0.2, 0) is 0 Å². The van der Waals surface area contributed by atoms with Gasteiger partial charge in [-0.05, 0) is 16.8 Å². The summed E-state index contributed by atoms with van der Waals surface area (Å²) in [5.74, 6) is 0. The second-order valence-electron chi connectivity index (χ2n) is 1.77. The smallest absolute Gasteiger partial charge is 0.140 e. The Labute approximate surface area is 52.8 Å². The van der Waals surface area contributed by atoms with E-state index in [0.717, 1.165) is 6.42 Å². The Bertz CT molecular complexity index is 157. The van der Waals surface area contributed by atoms with E-state index in [0.29, 0.717) is 0 Å². The molecule has 1 rings (SSSR count). The van der Waals surface area contributed by atoms with Crippen molar-refractivity contribution in [3.05, 3.63) is 6.33 Å². The lowest BCUT2D eigenvalue weighted by atomic mass is 10.4. The van der Waals surface area contributed by atoms with Crippen LogP contribution < -0.4 is 5.73 Å². The van der Waals surface area contributed by atoms with Crippen molar-refractivity contribution in [1.82, 2.24) is 20.2 Å². The summed E-state index contributed by atoms with van der Waals surface area (Å²) in [7, 11) is 0. The highest BCUT2D eigenvalue weighted by atomic mass is 15.5. The summed E-state index contributed by atoms with van der Waals surface area (Å²) >= 11 is 0.